The van der Waals surface area contributed by atoms with Crippen molar-refractivity contribution in [3.8, 4) is 11.3 Å². The number of benzene rings is 1. The molecule has 1 aromatic carbocycles. The van der Waals surface area contributed by atoms with E-state index in [9.17, 15) is 4.79 Å². The quantitative estimate of drug-likeness (QED) is 0.247. The summed E-state index contributed by atoms with van der Waals surface area (Å²) >= 11 is 0. The van der Waals surface area contributed by atoms with Crippen LogP contribution >= 0.6 is 0 Å². The number of hydrogen-bond donors (Lipinski definition) is 0. The van der Waals surface area contributed by atoms with E-state index in [0.717, 1.165) is 31.5 Å². The van der Waals surface area contributed by atoms with Gasteiger partial charge in [0.2, 0.25) is 0 Å². The van der Waals surface area contributed by atoms with Gasteiger partial charge in [-0.2, -0.15) is 0 Å². The van der Waals surface area contributed by atoms with Crippen LogP contribution in [0.2, 0.25) is 0 Å². The molecule has 0 saturated carbocycles. The summed E-state index contributed by atoms with van der Waals surface area (Å²) in [6, 6.07) is 8.95. The highest BCUT2D eigenvalue weighted by atomic mass is 16.6. The molecule has 5 heteroatoms. The van der Waals surface area contributed by atoms with Crippen LogP contribution in [0.5, 0.6) is 0 Å². The fraction of sp³-hybridized carbons (Fsp3) is 0.529. The summed E-state index contributed by atoms with van der Waals surface area (Å²) < 4.78 is 8.02. The topological polar surface area (TPSA) is 47.4 Å². The van der Waals surface area contributed by atoms with Crippen LogP contribution in [0.25, 0.3) is 27.7 Å². The van der Waals surface area contributed by atoms with Gasteiger partial charge in [-0.15, -0.1) is 0 Å². The number of aromatic nitrogens is 2. The molecule has 0 fully saturated rings. The SMILES string of the molecule is CCCCCCCn1cc(C2=CCN(C(=O)OC(C)(C)C)CC2)c2cc(-c3c(CC)cccc3CC)ncc21. The molecule has 0 saturated heterocycles. The lowest BCUT2D eigenvalue weighted by molar-refractivity contribution is 0.0270. The van der Waals surface area contributed by atoms with Crippen LogP contribution in [0, 0.1) is 0 Å². The number of nitrogens with zero attached hydrogens (tertiary/aromatic N) is 3. The van der Waals surface area contributed by atoms with E-state index in [1.807, 2.05) is 20.8 Å². The molecule has 39 heavy (non-hydrogen) atoms. The Morgan fingerprint density at radius 3 is 2.36 bits per heavy atom. The Morgan fingerprint density at radius 2 is 1.74 bits per heavy atom. The van der Waals surface area contributed by atoms with Crippen molar-refractivity contribution in [3.63, 3.8) is 0 Å². The first-order valence-electron chi connectivity index (χ1n) is 15.0. The predicted octanol–water partition coefficient (Wildman–Crippen LogP) is 8.82. The zero-order chi connectivity index (χ0) is 28.0. The van der Waals surface area contributed by atoms with Crippen molar-refractivity contribution in [1.29, 1.82) is 0 Å². The van der Waals surface area contributed by atoms with E-state index in [1.165, 1.54) is 70.8 Å². The number of unbranched alkanes of at least 4 members (excludes halogenated alkanes) is 4. The first-order valence-corrected chi connectivity index (χ1v) is 15.0. The second-order valence-electron chi connectivity index (χ2n) is 11.8. The van der Waals surface area contributed by atoms with Gasteiger partial charge in [0.25, 0.3) is 0 Å². The van der Waals surface area contributed by atoms with Crippen LogP contribution in [-0.4, -0.2) is 39.2 Å². The molecular formula is C34H47N3O2. The Bertz CT molecular complexity index is 1290. The third kappa shape index (κ3) is 6.93. The highest BCUT2D eigenvalue weighted by molar-refractivity contribution is 5.95. The van der Waals surface area contributed by atoms with Crippen LogP contribution in [0.1, 0.15) is 96.8 Å². The molecule has 0 N–H and O–H groups in total. The average Bonchev–Trinajstić information content (AvgIpc) is 3.29. The Labute approximate surface area is 235 Å². The molecule has 0 bridgehead atoms. The number of aryl methyl sites for hydroxylation is 3. The zero-order valence-electron chi connectivity index (χ0n) is 25.0. The van der Waals surface area contributed by atoms with Crippen LogP contribution in [0.15, 0.2) is 42.7 Å². The molecule has 5 nitrogen and oxygen atoms in total. The zero-order valence-corrected chi connectivity index (χ0v) is 25.0. The van der Waals surface area contributed by atoms with Gasteiger partial charge >= 0.3 is 6.09 Å². The lowest BCUT2D eigenvalue weighted by Crippen LogP contribution is -2.39. The molecule has 4 rings (SSSR count). The van der Waals surface area contributed by atoms with Gasteiger partial charge in [-0.25, -0.2) is 4.79 Å². The van der Waals surface area contributed by atoms with Crippen molar-refractivity contribution in [2.45, 2.75) is 105 Å². The molecule has 0 unspecified atom stereocenters. The van der Waals surface area contributed by atoms with Crippen molar-refractivity contribution in [3.05, 3.63) is 59.4 Å². The van der Waals surface area contributed by atoms with Crippen LogP contribution in [0.4, 0.5) is 4.79 Å². The minimum absolute atomic E-state index is 0.234. The highest BCUT2D eigenvalue weighted by Gasteiger charge is 2.25. The normalized spacial score (nSPS) is 14.1. The molecule has 3 aromatic rings. The second-order valence-corrected chi connectivity index (χ2v) is 11.8. The molecule has 0 atom stereocenters. The van der Waals surface area contributed by atoms with Gasteiger partial charge in [0.05, 0.1) is 17.4 Å². The Morgan fingerprint density at radius 1 is 1.03 bits per heavy atom. The van der Waals surface area contributed by atoms with E-state index >= 15 is 0 Å². The monoisotopic (exact) mass is 529 g/mol. The maximum absolute atomic E-state index is 12.7. The number of rotatable bonds is 10. The molecule has 3 heterocycles. The maximum Gasteiger partial charge on any atom is 0.410 e. The Hall–Kier alpha value is -3.08. The van der Waals surface area contributed by atoms with Gasteiger partial charge in [-0.1, -0.05) is 70.7 Å². The average molecular weight is 530 g/mol. The smallest absolute Gasteiger partial charge is 0.410 e. The number of hydrogen-bond acceptors (Lipinski definition) is 3. The summed E-state index contributed by atoms with van der Waals surface area (Å²) in [4.78, 5) is 19.5. The Balaban J connectivity index is 1.71. The third-order valence-corrected chi connectivity index (χ3v) is 7.73. The summed E-state index contributed by atoms with van der Waals surface area (Å²) in [5.41, 5.74) is 8.35. The minimum atomic E-state index is -0.485. The first-order chi connectivity index (χ1) is 18.8. The summed E-state index contributed by atoms with van der Waals surface area (Å²) in [6.45, 7) is 14.7. The van der Waals surface area contributed by atoms with Gasteiger partial charge in [-0.3, -0.25) is 4.98 Å². The van der Waals surface area contributed by atoms with E-state index in [0.29, 0.717) is 13.1 Å². The van der Waals surface area contributed by atoms with Crippen LogP contribution < -0.4 is 0 Å². The number of ether oxygens (including phenoxy) is 1. The molecule has 1 amide bonds. The largest absolute Gasteiger partial charge is 0.444 e. The summed E-state index contributed by atoms with van der Waals surface area (Å²) in [6.07, 6.45) is 15.5. The molecule has 0 aliphatic carbocycles. The predicted molar refractivity (Wildman–Crippen MR) is 163 cm³/mol. The molecule has 0 radical (unpaired) electrons. The summed E-state index contributed by atoms with van der Waals surface area (Å²) in [5.74, 6) is 0. The minimum Gasteiger partial charge on any atom is -0.444 e. The number of amides is 1. The van der Waals surface area contributed by atoms with Crippen molar-refractivity contribution in [1.82, 2.24) is 14.5 Å². The second kappa shape index (κ2) is 12.8. The Kier molecular flexibility index (Phi) is 9.53. The molecule has 1 aliphatic heterocycles. The number of fused-ring (bicyclic) bond motifs is 1. The van der Waals surface area contributed by atoms with Crippen LogP contribution in [-0.2, 0) is 24.1 Å². The van der Waals surface area contributed by atoms with Gasteiger partial charge in [0.15, 0.2) is 0 Å². The standard InChI is InChI=1S/C34H47N3O2/c1-7-10-11-12-13-19-37-24-29(27-17-20-36(21-18-27)33(38)39-34(4,5)6)28-22-30(35-23-31(28)37)32-25(8-2)15-14-16-26(32)9-3/h14-17,22-24H,7-13,18-21H2,1-6H3. The van der Waals surface area contributed by atoms with Crippen LogP contribution in [0.3, 0.4) is 0 Å². The summed E-state index contributed by atoms with van der Waals surface area (Å²) in [5, 5.41) is 1.26. The first kappa shape index (κ1) is 28.9. The van der Waals surface area contributed by atoms with Crippen molar-refractivity contribution in [2.24, 2.45) is 0 Å². The van der Waals surface area contributed by atoms with Gasteiger partial charge in [0, 0.05) is 42.3 Å². The number of carbonyl (C=O) groups excluding carboxylic acids is 1. The van der Waals surface area contributed by atoms with Crippen molar-refractivity contribution in [2.75, 3.05) is 13.1 Å². The highest BCUT2D eigenvalue weighted by Crippen LogP contribution is 2.35. The van der Waals surface area contributed by atoms with Gasteiger partial charge < -0.3 is 14.2 Å². The van der Waals surface area contributed by atoms with E-state index < -0.39 is 5.60 Å². The number of carbonyl (C=O) groups is 1. The van der Waals surface area contributed by atoms with E-state index in [1.54, 1.807) is 4.90 Å². The maximum atomic E-state index is 12.7. The fourth-order valence-corrected chi connectivity index (χ4v) is 5.63. The van der Waals surface area contributed by atoms with Crippen molar-refractivity contribution >= 4 is 22.6 Å². The molecule has 2 aromatic heterocycles. The van der Waals surface area contributed by atoms with Gasteiger partial charge in [0.1, 0.15) is 5.60 Å². The molecule has 0 spiro atoms. The number of pyridine rings is 1. The fourth-order valence-electron chi connectivity index (χ4n) is 5.63. The lowest BCUT2D eigenvalue weighted by Gasteiger charge is -2.29. The van der Waals surface area contributed by atoms with Crippen molar-refractivity contribution < 1.29 is 9.53 Å². The molecular weight excluding hydrogens is 482 g/mol. The molecule has 210 valence electrons. The van der Waals surface area contributed by atoms with E-state index in [2.05, 4.69) is 68.1 Å². The van der Waals surface area contributed by atoms with E-state index in [-0.39, 0.29) is 6.09 Å². The molecule has 1 aliphatic rings. The third-order valence-electron chi connectivity index (χ3n) is 7.73. The van der Waals surface area contributed by atoms with E-state index in [4.69, 9.17) is 9.72 Å². The van der Waals surface area contributed by atoms with Gasteiger partial charge in [-0.05, 0) is 69.2 Å². The lowest BCUT2D eigenvalue weighted by atomic mass is 9.93. The summed E-state index contributed by atoms with van der Waals surface area (Å²) in [7, 11) is 0.